The Balaban J connectivity index is 1.56. The van der Waals surface area contributed by atoms with Crippen LogP contribution in [0.15, 0.2) is 24.4 Å². The van der Waals surface area contributed by atoms with Crippen molar-refractivity contribution < 1.29 is 4.43 Å². The van der Waals surface area contributed by atoms with Crippen molar-refractivity contribution in [2.45, 2.75) is 63.7 Å². The molecule has 1 aliphatic carbocycles. The van der Waals surface area contributed by atoms with Gasteiger partial charge in [0.25, 0.3) is 0 Å². The zero-order valence-electron chi connectivity index (χ0n) is 16.8. The summed E-state index contributed by atoms with van der Waals surface area (Å²) in [6.45, 7) is 9.14. The SMILES string of the molecule is CC[Si](CC)(CC)OC[C@@H]1CC2c3cccc4[nH]cc(c34)C[C@H]2N(C)C1. The molecule has 142 valence electrons. The Kier molecular flexibility index (Phi) is 5.02. The molecule has 4 heteroatoms. The molecule has 1 fully saturated rings. The molecule has 0 bridgehead atoms. The van der Waals surface area contributed by atoms with Crippen LogP contribution < -0.4 is 0 Å². The van der Waals surface area contributed by atoms with E-state index in [1.54, 1.807) is 5.56 Å². The molecule has 1 unspecified atom stereocenters. The van der Waals surface area contributed by atoms with Crippen LogP contribution in [0.2, 0.25) is 18.1 Å². The monoisotopic (exact) mass is 370 g/mol. The molecular weight excluding hydrogens is 336 g/mol. The van der Waals surface area contributed by atoms with E-state index < -0.39 is 8.32 Å². The second-order valence-electron chi connectivity index (χ2n) is 8.56. The van der Waals surface area contributed by atoms with E-state index in [9.17, 15) is 0 Å². The number of aromatic amines is 1. The van der Waals surface area contributed by atoms with E-state index in [1.165, 1.54) is 54.0 Å². The Bertz CT molecular complexity index is 758. The third-order valence-electron chi connectivity index (χ3n) is 7.37. The zero-order chi connectivity index (χ0) is 18.3. The van der Waals surface area contributed by atoms with Crippen LogP contribution in [0.1, 0.15) is 44.2 Å². The van der Waals surface area contributed by atoms with E-state index >= 15 is 0 Å². The number of hydrogen-bond donors (Lipinski definition) is 1. The number of rotatable bonds is 6. The van der Waals surface area contributed by atoms with Gasteiger partial charge in [0.1, 0.15) is 0 Å². The zero-order valence-corrected chi connectivity index (χ0v) is 17.8. The van der Waals surface area contributed by atoms with Gasteiger partial charge < -0.3 is 14.3 Å². The van der Waals surface area contributed by atoms with Crippen molar-refractivity contribution in [2.24, 2.45) is 5.92 Å². The van der Waals surface area contributed by atoms with Crippen LogP contribution in [-0.2, 0) is 10.8 Å². The van der Waals surface area contributed by atoms with E-state index in [-0.39, 0.29) is 0 Å². The maximum absolute atomic E-state index is 6.68. The van der Waals surface area contributed by atoms with E-state index in [1.807, 2.05) is 0 Å². The molecule has 2 aromatic rings. The van der Waals surface area contributed by atoms with Crippen LogP contribution in [0.4, 0.5) is 0 Å². The van der Waals surface area contributed by atoms with Gasteiger partial charge in [-0.3, -0.25) is 0 Å². The van der Waals surface area contributed by atoms with Gasteiger partial charge in [0.05, 0.1) is 0 Å². The third-order valence-corrected chi connectivity index (χ3v) is 12.0. The summed E-state index contributed by atoms with van der Waals surface area (Å²) in [6, 6.07) is 11.2. The molecule has 0 saturated carbocycles. The minimum absolute atomic E-state index is 0.644. The number of fused-ring (bicyclic) bond motifs is 2. The summed E-state index contributed by atoms with van der Waals surface area (Å²) in [5.74, 6) is 1.31. The molecular formula is C22H34N2OSi. The number of likely N-dealkylation sites (tertiary alicyclic amines) is 1. The fourth-order valence-electron chi connectivity index (χ4n) is 5.53. The fourth-order valence-corrected chi connectivity index (χ4v) is 8.23. The summed E-state index contributed by atoms with van der Waals surface area (Å²) in [4.78, 5) is 6.10. The summed E-state index contributed by atoms with van der Waals surface area (Å²) in [5, 5.41) is 1.50. The van der Waals surface area contributed by atoms with Gasteiger partial charge in [0.15, 0.2) is 8.32 Å². The van der Waals surface area contributed by atoms with Crippen molar-refractivity contribution in [1.82, 2.24) is 9.88 Å². The molecule has 0 amide bonds. The molecule has 2 aliphatic rings. The third kappa shape index (κ3) is 2.96. The predicted molar refractivity (Wildman–Crippen MR) is 112 cm³/mol. The van der Waals surface area contributed by atoms with Gasteiger partial charge in [-0.1, -0.05) is 32.9 Å². The molecule has 0 radical (unpaired) electrons. The first-order chi connectivity index (χ1) is 12.6. The van der Waals surface area contributed by atoms with Crippen LogP contribution in [0, 0.1) is 5.92 Å². The second-order valence-corrected chi connectivity index (χ2v) is 13.3. The summed E-state index contributed by atoms with van der Waals surface area (Å²) in [7, 11) is 0.839. The van der Waals surface area contributed by atoms with Crippen LogP contribution in [0.3, 0.4) is 0 Å². The first-order valence-corrected chi connectivity index (χ1v) is 13.1. The van der Waals surface area contributed by atoms with Gasteiger partial charge in [-0.15, -0.1) is 0 Å². The minimum Gasteiger partial charge on any atom is -0.417 e. The highest BCUT2D eigenvalue weighted by atomic mass is 28.4. The summed E-state index contributed by atoms with van der Waals surface area (Å²) < 4.78 is 6.68. The Labute approximate surface area is 159 Å². The fraction of sp³-hybridized carbons (Fsp3) is 0.636. The number of hydrogen-bond acceptors (Lipinski definition) is 2. The Morgan fingerprint density at radius 1 is 1.19 bits per heavy atom. The molecule has 0 spiro atoms. The van der Waals surface area contributed by atoms with Crippen LogP contribution >= 0.6 is 0 Å². The average Bonchev–Trinajstić information content (AvgIpc) is 3.09. The van der Waals surface area contributed by atoms with Crippen LogP contribution in [0.25, 0.3) is 10.9 Å². The number of aromatic nitrogens is 1. The van der Waals surface area contributed by atoms with Crippen molar-refractivity contribution in [1.29, 1.82) is 0 Å². The van der Waals surface area contributed by atoms with Crippen molar-refractivity contribution in [3.8, 4) is 0 Å². The quantitative estimate of drug-likeness (QED) is 0.712. The standard InChI is InChI=1S/C22H34N2OSi/c1-5-26(6-2,7-3)25-15-16-11-19-18-9-8-10-20-22(18)17(13-23-20)12-21(19)24(4)14-16/h8-10,13,16,19,21,23H,5-7,11-12,14-15H2,1-4H3/t16-,19?,21-/m1/s1. The average molecular weight is 371 g/mol. The number of likely N-dealkylation sites (N-methyl/N-ethyl adjacent to an activating group) is 1. The van der Waals surface area contributed by atoms with Crippen LogP contribution in [-0.4, -0.2) is 44.4 Å². The molecule has 3 atom stereocenters. The summed E-state index contributed by atoms with van der Waals surface area (Å²) in [6.07, 6.45) is 4.70. The maximum Gasteiger partial charge on any atom is 0.191 e. The second kappa shape index (κ2) is 7.14. The van der Waals surface area contributed by atoms with Crippen molar-refractivity contribution in [3.05, 3.63) is 35.5 Å². The smallest absolute Gasteiger partial charge is 0.191 e. The van der Waals surface area contributed by atoms with E-state index in [0.717, 1.165) is 6.61 Å². The van der Waals surface area contributed by atoms with Crippen molar-refractivity contribution in [3.63, 3.8) is 0 Å². The number of benzene rings is 1. The Morgan fingerprint density at radius 3 is 2.69 bits per heavy atom. The summed E-state index contributed by atoms with van der Waals surface area (Å²) in [5.41, 5.74) is 4.38. The van der Waals surface area contributed by atoms with Gasteiger partial charge in [0.2, 0.25) is 0 Å². The van der Waals surface area contributed by atoms with Crippen molar-refractivity contribution in [2.75, 3.05) is 20.2 Å². The molecule has 1 aromatic carbocycles. The van der Waals surface area contributed by atoms with Gasteiger partial charge in [-0.05, 0) is 61.1 Å². The largest absolute Gasteiger partial charge is 0.417 e. The lowest BCUT2D eigenvalue weighted by Crippen LogP contribution is -2.49. The molecule has 1 N–H and O–H groups in total. The molecule has 2 heterocycles. The predicted octanol–water partition coefficient (Wildman–Crippen LogP) is 5.15. The topological polar surface area (TPSA) is 28.3 Å². The maximum atomic E-state index is 6.68. The van der Waals surface area contributed by atoms with Gasteiger partial charge >= 0.3 is 0 Å². The molecule has 1 aromatic heterocycles. The highest BCUT2D eigenvalue weighted by Gasteiger charge is 2.40. The van der Waals surface area contributed by atoms with E-state index in [0.29, 0.717) is 17.9 Å². The molecule has 1 saturated heterocycles. The highest BCUT2D eigenvalue weighted by Crippen LogP contribution is 2.44. The van der Waals surface area contributed by atoms with Crippen LogP contribution in [0.5, 0.6) is 0 Å². The molecule has 26 heavy (non-hydrogen) atoms. The van der Waals surface area contributed by atoms with E-state index in [4.69, 9.17) is 4.43 Å². The van der Waals surface area contributed by atoms with Gasteiger partial charge in [0, 0.05) is 42.2 Å². The minimum atomic E-state index is -1.49. The number of H-pyrrole nitrogens is 1. The first-order valence-electron chi connectivity index (χ1n) is 10.5. The number of piperidine rings is 1. The lowest BCUT2D eigenvalue weighted by atomic mass is 9.72. The summed E-state index contributed by atoms with van der Waals surface area (Å²) >= 11 is 0. The Morgan fingerprint density at radius 2 is 1.96 bits per heavy atom. The molecule has 4 rings (SSSR count). The first kappa shape index (κ1) is 18.3. The van der Waals surface area contributed by atoms with Gasteiger partial charge in [-0.25, -0.2) is 0 Å². The molecule has 3 nitrogen and oxygen atoms in total. The van der Waals surface area contributed by atoms with Gasteiger partial charge in [-0.2, -0.15) is 0 Å². The number of nitrogens with zero attached hydrogens (tertiary/aromatic N) is 1. The van der Waals surface area contributed by atoms with E-state index in [2.05, 4.69) is 62.1 Å². The van der Waals surface area contributed by atoms with Crippen molar-refractivity contribution >= 4 is 19.2 Å². The highest BCUT2D eigenvalue weighted by molar-refractivity contribution is 6.73. The normalized spacial score (nSPS) is 26.2. The molecule has 1 aliphatic heterocycles. The lowest BCUT2D eigenvalue weighted by Gasteiger charge is -2.46. The number of nitrogens with one attached hydrogen (secondary N) is 1. The lowest BCUT2D eigenvalue weighted by molar-refractivity contribution is 0.0807. The Hall–Kier alpha value is -1.10.